The average Bonchev–Trinajstić information content (AvgIpc) is 4.27. The number of unbranched alkanes of at least 4 members (excludes halogenated alkanes) is 8. The van der Waals surface area contributed by atoms with Crippen LogP contribution in [0.15, 0.2) is 110 Å². The maximum atomic E-state index is 2.74. The van der Waals surface area contributed by atoms with Crippen molar-refractivity contribution < 1.29 is 86.2 Å². The summed E-state index contributed by atoms with van der Waals surface area (Å²) in [5.41, 5.74) is 12.6. The predicted octanol–water partition coefficient (Wildman–Crippen LogP) is -0.429. The second kappa shape index (κ2) is 34.9. The Balaban J connectivity index is 0.00000280. The van der Waals surface area contributed by atoms with E-state index in [0.717, 1.165) is 26.2 Å². The first-order chi connectivity index (χ1) is 36.3. The summed E-state index contributed by atoms with van der Waals surface area (Å²) in [5, 5.41) is 0. The zero-order valence-electron chi connectivity index (χ0n) is 48.4. The van der Waals surface area contributed by atoms with Crippen molar-refractivity contribution in [3.63, 3.8) is 0 Å². The summed E-state index contributed by atoms with van der Waals surface area (Å²) in [6.45, 7) is 9.33. The fourth-order valence-corrected chi connectivity index (χ4v) is 13.7. The van der Waals surface area contributed by atoms with Crippen LogP contribution in [-0.4, -0.2) is 74.0 Å². The fourth-order valence-electron chi connectivity index (χ4n) is 13.7. The molecular formula is C66H98Br4N8. The number of aromatic nitrogens is 4. The molecule has 8 nitrogen and oxygen atoms in total. The number of pyridine rings is 4. The average molecular weight is 1320 g/mol. The van der Waals surface area contributed by atoms with Gasteiger partial charge in [-0.2, -0.15) is 0 Å². The largest absolute Gasteiger partial charge is 1.00 e. The second-order valence-corrected chi connectivity index (χ2v) is 23.7. The van der Waals surface area contributed by atoms with Gasteiger partial charge in [0.15, 0.2) is 49.6 Å². The Morgan fingerprint density at radius 1 is 0.333 bits per heavy atom. The molecule has 4 unspecified atom stereocenters. The molecule has 0 bridgehead atoms. The molecule has 1 aromatic carbocycles. The molecule has 4 aliphatic rings. The highest BCUT2D eigenvalue weighted by Crippen LogP contribution is 2.33. The van der Waals surface area contributed by atoms with Crippen molar-refractivity contribution >= 4 is 0 Å². The molecular weight excluding hydrogens is 1220 g/mol. The predicted molar refractivity (Wildman–Crippen MR) is 302 cm³/mol. The molecule has 4 fully saturated rings. The minimum atomic E-state index is 0. The number of likely N-dealkylation sites (tertiary alicyclic amines) is 4. The van der Waals surface area contributed by atoms with Gasteiger partial charge in [0.1, 0.15) is 26.2 Å². The van der Waals surface area contributed by atoms with Gasteiger partial charge in [-0.25, -0.2) is 18.3 Å². The van der Waals surface area contributed by atoms with Gasteiger partial charge in [0, 0.05) is 96.4 Å². The van der Waals surface area contributed by atoms with Crippen molar-refractivity contribution in [3.8, 4) is 0 Å². The van der Waals surface area contributed by atoms with Crippen LogP contribution < -0.4 is 86.2 Å². The van der Waals surface area contributed by atoms with Crippen LogP contribution in [0.1, 0.15) is 197 Å². The van der Waals surface area contributed by atoms with Crippen LogP contribution in [0, 0.1) is 0 Å². The van der Waals surface area contributed by atoms with Crippen LogP contribution >= 0.6 is 0 Å². The van der Waals surface area contributed by atoms with Gasteiger partial charge in [0.05, 0.1) is 0 Å². The third kappa shape index (κ3) is 19.3. The molecule has 4 atom stereocenters. The first-order valence-corrected chi connectivity index (χ1v) is 30.2. The van der Waals surface area contributed by atoms with E-state index in [-0.39, 0.29) is 67.9 Å². The highest BCUT2D eigenvalue weighted by Gasteiger charge is 2.28. The van der Waals surface area contributed by atoms with Crippen LogP contribution in [0.4, 0.5) is 0 Å². The van der Waals surface area contributed by atoms with Gasteiger partial charge in [0.2, 0.25) is 0 Å². The number of rotatable bonds is 28. The smallest absolute Gasteiger partial charge is 0.173 e. The van der Waals surface area contributed by atoms with Gasteiger partial charge in [0.25, 0.3) is 0 Å². The number of aryl methyl sites for hydroxylation is 8. The number of benzene rings is 1. The number of nitrogens with zero attached hydrogens (tertiary/aromatic N) is 8. The lowest BCUT2D eigenvalue weighted by atomic mass is 9.88. The highest BCUT2D eigenvalue weighted by molar-refractivity contribution is 5.39. The summed E-state index contributed by atoms with van der Waals surface area (Å²) >= 11 is 0. The number of halogens is 4. The molecule has 0 aliphatic carbocycles. The van der Waals surface area contributed by atoms with Crippen molar-refractivity contribution in [3.05, 3.63) is 155 Å². The zero-order chi connectivity index (χ0) is 50.9. The van der Waals surface area contributed by atoms with E-state index in [4.69, 9.17) is 0 Å². The van der Waals surface area contributed by atoms with Crippen molar-refractivity contribution in [2.45, 2.75) is 204 Å². The van der Waals surface area contributed by atoms with Crippen LogP contribution in [0.25, 0.3) is 0 Å². The topological polar surface area (TPSA) is 28.5 Å². The Morgan fingerprint density at radius 2 is 0.564 bits per heavy atom. The maximum absolute atomic E-state index is 2.74. The molecule has 5 aromatic rings. The van der Waals surface area contributed by atoms with E-state index in [0.29, 0.717) is 24.2 Å². The number of hydrogen-bond donors (Lipinski definition) is 0. The SMILES string of the molecule is CN1CCCC1c1ccc[n+](CCCCCc2cc(CCCCC[n+]3cccc(C4CCCN4C)c3)c(CCCCC[n+]3cccc(C4CCCN4C)c3)cc2CCCCC[n+]2cccc(C3CCCN3C)c2)c1.[Br-].[Br-].[Br-].[Br-]. The van der Waals surface area contributed by atoms with E-state index in [2.05, 4.69) is 176 Å². The molecule has 0 radical (unpaired) electrons. The van der Waals surface area contributed by atoms with Crippen LogP contribution in [0.2, 0.25) is 0 Å². The summed E-state index contributed by atoms with van der Waals surface area (Å²) in [4.78, 5) is 10.1. The molecule has 8 heterocycles. The molecule has 78 heavy (non-hydrogen) atoms. The molecule has 430 valence electrons. The van der Waals surface area contributed by atoms with Gasteiger partial charge < -0.3 is 67.9 Å². The Labute approximate surface area is 515 Å². The molecule has 0 saturated carbocycles. The minimum Gasteiger partial charge on any atom is -1.00 e. The first-order valence-electron chi connectivity index (χ1n) is 30.2. The van der Waals surface area contributed by atoms with Crippen LogP contribution in [-0.2, 0) is 51.9 Å². The lowest BCUT2D eigenvalue weighted by molar-refractivity contribution is -0.698. The highest BCUT2D eigenvalue weighted by atomic mass is 79.9. The second-order valence-electron chi connectivity index (χ2n) is 23.7. The Kier molecular flexibility index (Phi) is 29.7. The van der Waals surface area contributed by atoms with Gasteiger partial charge in [-0.15, -0.1) is 0 Å². The van der Waals surface area contributed by atoms with Crippen molar-refractivity contribution in [1.29, 1.82) is 0 Å². The summed E-state index contributed by atoms with van der Waals surface area (Å²) in [7, 11) is 9.17. The summed E-state index contributed by atoms with van der Waals surface area (Å²) in [5.74, 6) is 0. The molecule has 9 rings (SSSR count). The summed E-state index contributed by atoms with van der Waals surface area (Å²) in [6, 6.07) is 26.3. The van der Waals surface area contributed by atoms with Crippen molar-refractivity contribution in [1.82, 2.24) is 19.6 Å². The van der Waals surface area contributed by atoms with E-state index in [1.54, 1.807) is 22.3 Å². The molecule has 0 N–H and O–H groups in total. The van der Waals surface area contributed by atoms with Crippen molar-refractivity contribution in [2.75, 3.05) is 54.4 Å². The lowest BCUT2D eigenvalue weighted by Crippen LogP contribution is -3.00. The van der Waals surface area contributed by atoms with Crippen LogP contribution in [0.5, 0.6) is 0 Å². The first kappa shape index (κ1) is 66.4. The van der Waals surface area contributed by atoms with Crippen LogP contribution in [0.3, 0.4) is 0 Å². The van der Waals surface area contributed by atoms with Gasteiger partial charge in [-0.05, 0) is 229 Å². The Hall–Kier alpha value is -2.42. The third-order valence-corrected chi connectivity index (χ3v) is 18.1. The zero-order valence-corrected chi connectivity index (χ0v) is 54.8. The Morgan fingerprint density at radius 3 is 0.769 bits per heavy atom. The van der Waals surface area contributed by atoms with Gasteiger partial charge >= 0.3 is 0 Å². The van der Waals surface area contributed by atoms with E-state index >= 15 is 0 Å². The lowest BCUT2D eigenvalue weighted by Gasteiger charge is -2.18. The van der Waals surface area contributed by atoms with E-state index < -0.39 is 0 Å². The molecule has 4 saturated heterocycles. The normalized spacial score (nSPS) is 19.8. The Bertz CT molecular complexity index is 2170. The molecule has 0 spiro atoms. The summed E-state index contributed by atoms with van der Waals surface area (Å²) < 4.78 is 9.87. The maximum Gasteiger partial charge on any atom is 0.173 e. The van der Waals surface area contributed by atoms with E-state index in [1.165, 1.54) is 203 Å². The fraction of sp³-hybridized carbons (Fsp3) is 0.606. The molecule has 4 aromatic heterocycles. The van der Waals surface area contributed by atoms with Gasteiger partial charge in [-0.1, -0.05) is 12.1 Å². The molecule has 0 amide bonds. The van der Waals surface area contributed by atoms with E-state index in [9.17, 15) is 0 Å². The number of hydrogen-bond acceptors (Lipinski definition) is 4. The monoisotopic (exact) mass is 1320 g/mol. The van der Waals surface area contributed by atoms with Crippen molar-refractivity contribution in [2.24, 2.45) is 0 Å². The standard InChI is InChI=1S/C66H98N8.4BrH/c1-67-37-21-33-63(67)59-29-17-45-71(51-59)41-13-5-9-25-55-49-57(27-11-7-15-43-73-47-19-31-61(53-73)65-35-23-39-69(65)3)58(28-12-8-16-44-74-48-20-32-62(54-74)66-36-24-40-70(66)4)50-56(55)26-10-6-14-42-72-46-18-30-60(52-72)64-34-22-38-68(64)2;;;;/h17-20,29-32,45-54,63-66H,5-16,21-28,33-44H2,1-4H3;4*1H/q+4;;;;/p-4. The molecule has 4 aliphatic heterocycles. The minimum absolute atomic E-state index is 0. The molecule has 12 heteroatoms. The van der Waals surface area contributed by atoms with Gasteiger partial charge in [-0.3, -0.25) is 19.6 Å². The third-order valence-electron chi connectivity index (χ3n) is 18.1. The summed E-state index contributed by atoms with van der Waals surface area (Å²) in [6.07, 6.45) is 49.3. The quantitative estimate of drug-likeness (QED) is 0.0504. The van der Waals surface area contributed by atoms with E-state index in [1.807, 2.05) is 0 Å².